The molecule has 3 heterocycles. The summed E-state index contributed by atoms with van der Waals surface area (Å²) in [6.45, 7) is 5.34. The Bertz CT molecular complexity index is 1240. The van der Waals surface area contributed by atoms with Gasteiger partial charge in [0.2, 0.25) is 0 Å². The maximum absolute atomic E-state index is 12.6. The minimum Gasteiger partial charge on any atom is -0.456 e. The molecule has 32 heavy (non-hydrogen) atoms. The van der Waals surface area contributed by atoms with Crippen LogP contribution in [0.2, 0.25) is 0 Å². The van der Waals surface area contributed by atoms with Gasteiger partial charge >= 0.3 is 5.97 Å². The number of nitro groups is 1. The number of hydrogen-bond donors (Lipinski definition) is 0. The third-order valence-corrected chi connectivity index (χ3v) is 5.76. The van der Waals surface area contributed by atoms with Gasteiger partial charge in [0.25, 0.3) is 11.2 Å². The van der Waals surface area contributed by atoms with Crippen LogP contribution in [0.25, 0.3) is 5.65 Å². The minimum atomic E-state index is -0.710. The maximum Gasteiger partial charge on any atom is 0.338 e. The smallest absolute Gasteiger partial charge is 0.338 e. The lowest BCUT2D eigenvalue weighted by molar-refractivity contribution is -0.384. The van der Waals surface area contributed by atoms with Crippen LogP contribution in [0.1, 0.15) is 41.4 Å². The number of piperidine rings is 1. The minimum absolute atomic E-state index is 0.0826. The molecule has 1 fully saturated rings. The first-order chi connectivity index (χ1) is 15.3. The molecule has 0 saturated carbocycles. The summed E-state index contributed by atoms with van der Waals surface area (Å²) in [4.78, 5) is 42.3. The van der Waals surface area contributed by atoms with Crippen molar-refractivity contribution in [1.82, 2.24) is 9.38 Å². The topological polar surface area (TPSA) is 107 Å². The van der Waals surface area contributed by atoms with Crippen LogP contribution in [-0.4, -0.2) is 33.4 Å². The highest BCUT2D eigenvalue weighted by molar-refractivity contribution is 5.91. The Morgan fingerprint density at radius 2 is 1.97 bits per heavy atom. The number of nitrogens with zero attached hydrogens (tertiary/aromatic N) is 4. The molecule has 1 saturated heterocycles. The highest BCUT2D eigenvalue weighted by Crippen LogP contribution is 2.32. The zero-order chi connectivity index (χ0) is 22.8. The van der Waals surface area contributed by atoms with Crippen molar-refractivity contribution in [2.75, 3.05) is 18.0 Å². The molecule has 0 amide bonds. The van der Waals surface area contributed by atoms with E-state index in [9.17, 15) is 19.7 Å². The number of fused-ring (bicyclic) bond motifs is 1. The molecule has 1 aliphatic heterocycles. The summed E-state index contributed by atoms with van der Waals surface area (Å²) in [7, 11) is 0. The Morgan fingerprint density at radius 1 is 1.22 bits per heavy atom. The molecule has 0 aliphatic carbocycles. The van der Waals surface area contributed by atoms with E-state index in [1.807, 2.05) is 11.8 Å². The van der Waals surface area contributed by atoms with Crippen molar-refractivity contribution < 1.29 is 14.5 Å². The number of aryl methyl sites for hydroxylation is 1. The van der Waals surface area contributed by atoms with E-state index in [2.05, 4.69) is 11.9 Å². The Hall–Kier alpha value is -3.75. The molecule has 1 aliphatic rings. The largest absolute Gasteiger partial charge is 0.456 e. The van der Waals surface area contributed by atoms with Gasteiger partial charge in [-0.2, -0.15) is 0 Å². The molecule has 0 bridgehead atoms. The van der Waals surface area contributed by atoms with Gasteiger partial charge in [0.05, 0.1) is 16.2 Å². The van der Waals surface area contributed by atoms with E-state index in [1.54, 1.807) is 24.4 Å². The monoisotopic (exact) mass is 436 g/mol. The van der Waals surface area contributed by atoms with Gasteiger partial charge in [0, 0.05) is 31.4 Å². The lowest BCUT2D eigenvalue weighted by Gasteiger charge is -2.31. The molecular weight excluding hydrogens is 412 g/mol. The molecule has 0 spiro atoms. The summed E-state index contributed by atoms with van der Waals surface area (Å²) < 4.78 is 6.70. The molecule has 0 radical (unpaired) electrons. The second-order valence-electron chi connectivity index (χ2n) is 8.22. The first-order valence-electron chi connectivity index (χ1n) is 10.5. The van der Waals surface area contributed by atoms with Crippen LogP contribution in [0, 0.1) is 23.0 Å². The fourth-order valence-electron chi connectivity index (χ4n) is 3.86. The predicted molar refractivity (Wildman–Crippen MR) is 119 cm³/mol. The van der Waals surface area contributed by atoms with Crippen molar-refractivity contribution in [3.8, 4) is 0 Å². The molecule has 9 heteroatoms. The summed E-state index contributed by atoms with van der Waals surface area (Å²) >= 11 is 0. The average Bonchev–Trinajstić information content (AvgIpc) is 2.77. The van der Waals surface area contributed by atoms with E-state index in [1.165, 1.54) is 22.6 Å². The SMILES string of the molecule is Cc1ccn2c(=O)cc(COC(=O)c3ccc(N4CCC(C)CC4)c([N+](=O)[O-])c3)nc2c1. The zero-order valence-electron chi connectivity index (χ0n) is 18.0. The van der Waals surface area contributed by atoms with E-state index in [4.69, 9.17) is 4.74 Å². The molecule has 9 nitrogen and oxygen atoms in total. The standard InChI is InChI=1S/C23H24N4O5/c1-15-5-8-25(9-6-15)19-4-3-17(12-20(19)27(30)31)23(29)32-14-18-13-22(28)26-10-7-16(2)11-21(26)24-18/h3-4,7,10-13,15H,5-6,8-9,14H2,1-2H3. The number of benzene rings is 1. The van der Waals surface area contributed by atoms with Crippen molar-refractivity contribution in [2.45, 2.75) is 33.3 Å². The lowest BCUT2D eigenvalue weighted by atomic mass is 9.98. The van der Waals surface area contributed by atoms with E-state index < -0.39 is 10.9 Å². The number of esters is 1. The number of ether oxygens (including phenoxy) is 1. The van der Waals surface area contributed by atoms with Crippen LogP contribution in [-0.2, 0) is 11.3 Å². The first kappa shape index (κ1) is 21.5. The number of aromatic nitrogens is 2. The summed E-state index contributed by atoms with van der Waals surface area (Å²) in [6, 6.07) is 9.26. The fraction of sp³-hybridized carbons (Fsp3) is 0.348. The van der Waals surface area contributed by atoms with E-state index >= 15 is 0 Å². The highest BCUT2D eigenvalue weighted by atomic mass is 16.6. The summed E-state index contributed by atoms with van der Waals surface area (Å²) in [5, 5.41) is 11.7. The number of nitro benzene ring substituents is 1. The van der Waals surface area contributed by atoms with E-state index in [0.29, 0.717) is 22.9 Å². The van der Waals surface area contributed by atoms with Crippen molar-refractivity contribution in [3.63, 3.8) is 0 Å². The second kappa shape index (κ2) is 8.78. The Balaban J connectivity index is 1.52. The van der Waals surface area contributed by atoms with Gasteiger partial charge in [-0.05, 0) is 55.5 Å². The first-order valence-corrected chi connectivity index (χ1v) is 10.5. The maximum atomic E-state index is 12.6. The summed E-state index contributed by atoms with van der Waals surface area (Å²) in [6.07, 6.45) is 3.58. The quantitative estimate of drug-likeness (QED) is 0.342. The van der Waals surface area contributed by atoms with Gasteiger partial charge in [-0.25, -0.2) is 9.78 Å². The van der Waals surface area contributed by atoms with Crippen LogP contribution in [0.3, 0.4) is 0 Å². The van der Waals surface area contributed by atoms with Gasteiger partial charge in [0.1, 0.15) is 17.9 Å². The van der Waals surface area contributed by atoms with E-state index in [-0.39, 0.29) is 23.4 Å². The molecule has 166 valence electrons. The van der Waals surface area contributed by atoms with Crippen LogP contribution in [0.5, 0.6) is 0 Å². The van der Waals surface area contributed by atoms with Gasteiger partial charge in [0.15, 0.2) is 0 Å². The normalized spacial score (nSPS) is 14.5. The molecule has 3 aromatic rings. The van der Waals surface area contributed by atoms with Gasteiger partial charge in [-0.15, -0.1) is 0 Å². The average molecular weight is 436 g/mol. The molecule has 2 aromatic heterocycles. The molecule has 0 atom stereocenters. The predicted octanol–water partition coefficient (Wildman–Crippen LogP) is 3.50. The number of anilines is 1. The van der Waals surface area contributed by atoms with Crippen LogP contribution in [0.4, 0.5) is 11.4 Å². The fourth-order valence-corrected chi connectivity index (χ4v) is 3.86. The molecular formula is C23H24N4O5. The Labute approximate surface area is 184 Å². The van der Waals surface area contributed by atoms with Crippen molar-refractivity contribution in [2.24, 2.45) is 5.92 Å². The van der Waals surface area contributed by atoms with Crippen LogP contribution < -0.4 is 10.5 Å². The number of carbonyl (C=O) groups excluding carboxylic acids is 1. The number of pyridine rings is 1. The number of rotatable bonds is 5. The number of carbonyl (C=O) groups is 1. The van der Waals surface area contributed by atoms with Crippen molar-refractivity contribution in [1.29, 1.82) is 0 Å². The lowest BCUT2D eigenvalue weighted by Crippen LogP contribution is -2.33. The van der Waals surface area contributed by atoms with E-state index in [0.717, 1.165) is 31.5 Å². The van der Waals surface area contributed by atoms with Crippen LogP contribution in [0.15, 0.2) is 47.4 Å². The third kappa shape index (κ3) is 4.46. The summed E-state index contributed by atoms with van der Waals surface area (Å²) in [5.41, 5.74) is 1.91. The third-order valence-electron chi connectivity index (χ3n) is 5.76. The Kier molecular flexibility index (Phi) is 5.89. The van der Waals surface area contributed by atoms with Crippen LogP contribution >= 0.6 is 0 Å². The summed E-state index contributed by atoms with van der Waals surface area (Å²) in [5.74, 6) is -0.113. The highest BCUT2D eigenvalue weighted by Gasteiger charge is 2.25. The molecule has 1 aromatic carbocycles. The van der Waals surface area contributed by atoms with Gasteiger partial charge in [-0.3, -0.25) is 19.3 Å². The van der Waals surface area contributed by atoms with Gasteiger partial charge < -0.3 is 9.64 Å². The molecule has 4 rings (SSSR count). The molecule has 0 unspecified atom stereocenters. The molecule has 0 N–H and O–H groups in total. The Morgan fingerprint density at radius 3 is 2.69 bits per heavy atom. The zero-order valence-corrected chi connectivity index (χ0v) is 18.0. The van der Waals surface area contributed by atoms with Crippen molar-refractivity contribution in [3.05, 3.63) is 79.9 Å². The van der Waals surface area contributed by atoms with Crippen molar-refractivity contribution >= 4 is 23.0 Å². The second-order valence-corrected chi connectivity index (χ2v) is 8.22. The van der Waals surface area contributed by atoms with Gasteiger partial charge in [-0.1, -0.05) is 6.92 Å². The number of hydrogen-bond acceptors (Lipinski definition) is 7.